The fraction of sp³-hybridized carbons (Fsp3) is 0.917. The maximum atomic E-state index is 8.89. The van der Waals surface area contributed by atoms with Crippen molar-refractivity contribution in [3.63, 3.8) is 0 Å². The van der Waals surface area contributed by atoms with Gasteiger partial charge in [0.1, 0.15) is 0 Å². The molecule has 2 saturated carbocycles. The quantitative estimate of drug-likeness (QED) is 0.637. The van der Waals surface area contributed by atoms with E-state index in [-0.39, 0.29) is 22.4 Å². The summed E-state index contributed by atoms with van der Waals surface area (Å²) in [6, 6.07) is 0.593. The molecule has 2 rings (SSSR count). The molecular weight excluding hydrogens is 312 g/mol. The standard InChI is InChI=1S/2C5H10N.C2H4O2.Ag/c2*6-5-3-1-2-4-5;1-2(3)4;/h2*5-6H,1-4H2;1H3,(H,3,4);/q2*-1;;+1/p-1. The molecule has 0 aliphatic heterocycles. The average molecular weight is 335 g/mol. The molecule has 0 radical (unpaired) electrons. The van der Waals surface area contributed by atoms with E-state index in [4.69, 9.17) is 21.4 Å². The topological polar surface area (TPSA) is 87.7 Å². The van der Waals surface area contributed by atoms with Gasteiger partial charge in [0.25, 0.3) is 0 Å². The molecule has 106 valence electrons. The summed E-state index contributed by atoms with van der Waals surface area (Å²) in [6.07, 6.45) is 9.81. The third kappa shape index (κ3) is 16.1. The summed E-state index contributed by atoms with van der Waals surface area (Å²) in [6.45, 7) is 0.972. The molecule has 0 saturated heterocycles. The normalized spacial score (nSPS) is 19.5. The average Bonchev–Trinajstić information content (AvgIpc) is 2.78. The molecule has 2 N–H and O–H groups in total. The van der Waals surface area contributed by atoms with Crippen LogP contribution in [-0.2, 0) is 27.2 Å². The Labute approximate surface area is 120 Å². The van der Waals surface area contributed by atoms with Crippen LogP contribution < -0.4 is 5.11 Å². The van der Waals surface area contributed by atoms with Crippen LogP contribution in [0.5, 0.6) is 0 Å². The minimum atomic E-state index is -1.08. The van der Waals surface area contributed by atoms with Crippen molar-refractivity contribution in [1.82, 2.24) is 0 Å². The molecule has 5 heteroatoms. The van der Waals surface area contributed by atoms with Crippen LogP contribution in [0.2, 0.25) is 0 Å². The van der Waals surface area contributed by atoms with Crippen molar-refractivity contribution in [2.45, 2.75) is 70.4 Å². The molecule has 0 atom stereocenters. The van der Waals surface area contributed by atoms with Gasteiger partial charge in [0.05, 0.1) is 0 Å². The monoisotopic (exact) mass is 334 g/mol. The van der Waals surface area contributed by atoms with Gasteiger partial charge >= 0.3 is 22.4 Å². The molecule has 2 fully saturated rings. The minimum Gasteiger partial charge on any atom is -0.675 e. The predicted molar refractivity (Wildman–Crippen MR) is 63.8 cm³/mol. The fourth-order valence-electron chi connectivity index (χ4n) is 1.85. The Kier molecular flexibility index (Phi) is 14.4. The molecule has 0 unspecified atom stereocenters. The Morgan fingerprint density at radius 3 is 1.18 bits per heavy atom. The van der Waals surface area contributed by atoms with E-state index in [1.807, 2.05) is 0 Å². The molecule has 0 amide bonds. The molecule has 4 nitrogen and oxygen atoms in total. The number of hydrogen-bond acceptors (Lipinski definition) is 2. The molecular formula is C12H23AgN2O2-2. The van der Waals surface area contributed by atoms with Crippen molar-refractivity contribution < 1.29 is 32.3 Å². The van der Waals surface area contributed by atoms with Gasteiger partial charge in [0.2, 0.25) is 0 Å². The van der Waals surface area contributed by atoms with Gasteiger partial charge in [0.15, 0.2) is 0 Å². The van der Waals surface area contributed by atoms with Gasteiger partial charge in [0, 0.05) is 5.97 Å². The number of carboxylic acid groups (broad SMARTS) is 1. The third-order valence-electron chi connectivity index (χ3n) is 2.71. The van der Waals surface area contributed by atoms with Gasteiger partial charge in [-0.15, -0.1) is 12.1 Å². The first kappa shape index (κ1) is 19.5. The zero-order valence-electron chi connectivity index (χ0n) is 10.4. The van der Waals surface area contributed by atoms with Crippen molar-refractivity contribution in [1.29, 1.82) is 0 Å². The van der Waals surface area contributed by atoms with Crippen molar-refractivity contribution in [3.8, 4) is 0 Å². The van der Waals surface area contributed by atoms with E-state index in [2.05, 4.69) is 0 Å². The summed E-state index contributed by atoms with van der Waals surface area (Å²) in [5.74, 6) is -1.08. The first-order valence-electron chi connectivity index (χ1n) is 6.12. The van der Waals surface area contributed by atoms with Crippen LogP contribution in [0.15, 0.2) is 0 Å². The second-order valence-corrected chi connectivity index (χ2v) is 4.45. The molecule has 2 aliphatic carbocycles. The number of hydrogen-bond donors (Lipinski definition) is 0. The van der Waals surface area contributed by atoms with E-state index in [0.29, 0.717) is 12.1 Å². The van der Waals surface area contributed by atoms with Crippen LogP contribution in [0.25, 0.3) is 11.5 Å². The van der Waals surface area contributed by atoms with Crippen molar-refractivity contribution in [2.75, 3.05) is 0 Å². The molecule has 2 aliphatic rings. The van der Waals surface area contributed by atoms with Crippen LogP contribution >= 0.6 is 0 Å². The number of carbonyl (C=O) groups excluding carboxylic acids is 1. The van der Waals surface area contributed by atoms with Gasteiger partial charge in [-0.1, -0.05) is 51.4 Å². The first-order chi connectivity index (χ1) is 7.52. The summed E-state index contributed by atoms with van der Waals surface area (Å²) in [7, 11) is 0. The number of nitrogens with one attached hydrogen (secondary N) is 2. The van der Waals surface area contributed by atoms with Gasteiger partial charge in [-0.05, 0) is 6.92 Å². The van der Waals surface area contributed by atoms with Crippen molar-refractivity contribution in [2.24, 2.45) is 0 Å². The largest absolute Gasteiger partial charge is 1.00 e. The van der Waals surface area contributed by atoms with Gasteiger partial charge in [-0.3, -0.25) is 0 Å². The molecule has 0 aromatic rings. The SMILES string of the molecule is CC(=O)[O-].[Ag+].[NH-]C1CCCC1.[NH-]C1CCCC1. The molecule has 0 aromatic heterocycles. The first-order valence-corrected chi connectivity index (χ1v) is 6.12. The van der Waals surface area contributed by atoms with Crippen LogP contribution in [0.3, 0.4) is 0 Å². The molecule has 0 spiro atoms. The van der Waals surface area contributed by atoms with E-state index in [9.17, 15) is 0 Å². The zero-order chi connectivity index (χ0) is 12.4. The number of carbonyl (C=O) groups is 1. The van der Waals surface area contributed by atoms with Crippen LogP contribution in [0.1, 0.15) is 58.3 Å². The summed E-state index contributed by atoms with van der Waals surface area (Å²) in [4.78, 5) is 8.89. The Morgan fingerprint density at radius 1 is 0.941 bits per heavy atom. The third-order valence-corrected chi connectivity index (χ3v) is 2.71. The fourth-order valence-corrected chi connectivity index (χ4v) is 1.85. The van der Waals surface area contributed by atoms with Crippen LogP contribution in [-0.4, -0.2) is 18.1 Å². The van der Waals surface area contributed by atoms with Crippen molar-refractivity contribution in [3.05, 3.63) is 11.5 Å². The smallest absolute Gasteiger partial charge is 0.675 e. The van der Waals surface area contributed by atoms with E-state index in [1.165, 1.54) is 25.7 Å². The van der Waals surface area contributed by atoms with E-state index >= 15 is 0 Å². The zero-order valence-corrected chi connectivity index (χ0v) is 11.9. The molecule has 0 aromatic carbocycles. The minimum absolute atomic E-state index is 0. The Morgan fingerprint density at radius 2 is 1.12 bits per heavy atom. The maximum absolute atomic E-state index is 8.89. The second-order valence-electron chi connectivity index (χ2n) is 4.45. The molecule has 17 heavy (non-hydrogen) atoms. The van der Waals surface area contributed by atoms with E-state index in [1.54, 1.807) is 0 Å². The maximum Gasteiger partial charge on any atom is 1.00 e. The molecule has 0 bridgehead atoms. The predicted octanol–water partition coefficient (Wildman–Crippen LogP) is 2.72. The summed E-state index contributed by atoms with van der Waals surface area (Å²) in [5.41, 5.74) is 14.3. The van der Waals surface area contributed by atoms with E-state index in [0.717, 1.165) is 32.6 Å². The van der Waals surface area contributed by atoms with Gasteiger partial charge < -0.3 is 21.4 Å². The van der Waals surface area contributed by atoms with Crippen LogP contribution in [0.4, 0.5) is 0 Å². The van der Waals surface area contributed by atoms with Crippen molar-refractivity contribution >= 4 is 5.97 Å². The number of carboxylic acids is 1. The second kappa shape index (κ2) is 12.6. The number of aliphatic carboxylic acids is 1. The summed E-state index contributed by atoms with van der Waals surface area (Å²) >= 11 is 0. The molecule has 0 heterocycles. The Bertz CT molecular complexity index is 161. The number of rotatable bonds is 0. The Hall–Kier alpha value is 0.130. The summed E-state index contributed by atoms with van der Waals surface area (Å²) in [5, 5.41) is 8.89. The van der Waals surface area contributed by atoms with Crippen LogP contribution in [0, 0.1) is 0 Å². The van der Waals surface area contributed by atoms with E-state index < -0.39 is 5.97 Å². The Balaban J connectivity index is 0. The summed E-state index contributed by atoms with van der Waals surface area (Å²) < 4.78 is 0. The van der Waals surface area contributed by atoms with Gasteiger partial charge in [-0.2, -0.15) is 0 Å². The van der Waals surface area contributed by atoms with Gasteiger partial charge in [-0.25, -0.2) is 0 Å².